The van der Waals surface area contributed by atoms with E-state index in [0.29, 0.717) is 12.2 Å². The zero-order valence-corrected chi connectivity index (χ0v) is 15.5. The van der Waals surface area contributed by atoms with Gasteiger partial charge in [0.25, 0.3) is 11.6 Å². The Kier molecular flexibility index (Phi) is 5.17. The van der Waals surface area contributed by atoms with Crippen LogP contribution in [0.5, 0.6) is 0 Å². The summed E-state index contributed by atoms with van der Waals surface area (Å²) < 4.78 is 9.68. The summed E-state index contributed by atoms with van der Waals surface area (Å²) in [5.41, 5.74) is -9.16. The highest BCUT2D eigenvalue weighted by molar-refractivity contribution is 5.89. The van der Waals surface area contributed by atoms with Gasteiger partial charge in [-0.15, -0.1) is 0 Å². The fraction of sp³-hybridized carbons (Fsp3) is 0.750. The average molecular weight is 378 g/mol. The molecule has 0 saturated carbocycles. The van der Waals surface area contributed by atoms with Gasteiger partial charge in [0, 0.05) is 0 Å². The second-order valence-electron chi connectivity index (χ2n) is 8.21. The third-order valence-corrected chi connectivity index (χ3v) is 3.53. The summed E-state index contributed by atoms with van der Waals surface area (Å²) in [5, 5.41) is 61.4. The van der Waals surface area contributed by atoms with Gasteiger partial charge < -0.3 is 40.1 Å². The highest BCUT2D eigenvalue weighted by atomic mass is 16.7. The highest BCUT2D eigenvalue weighted by Gasteiger charge is 2.77. The van der Waals surface area contributed by atoms with E-state index in [-0.39, 0.29) is 0 Å². The van der Waals surface area contributed by atoms with Crippen LogP contribution >= 0.6 is 0 Å². The number of carbonyl (C=O) groups excluding carboxylic acids is 2. The number of hydrogen-bond donors (Lipinski definition) is 6. The van der Waals surface area contributed by atoms with Crippen molar-refractivity contribution in [1.29, 1.82) is 0 Å². The minimum absolute atomic E-state index is 0.329. The first-order valence-corrected chi connectivity index (χ1v) is 7.73. The van der Waals surface area contributed by atoms with Crippen LogP contribution in [-0.2, 0) is 19.1 Å². The lowest BCUT2D eigenvalue weighted by molar-refractivity contribution is -0.430. The maximum atomic E-state index is 12.2. The number of aliphatic hydroxyl groups is 6. The number of ether oxygens (including phenoxy) is 2. The quantitative estimate of drug-likeness (QED) is 0.180. The molecule has 10 heteroatoms. The lowest BCUT2D eigenvalue weighted by Gasteiger charge is -2.51. The Morgan fingerprint density at radius 2 is 0.885 bits per heavy atom. The first-order chi connectivity index (χ1) is 11.2. The molecule has 0 aromatic heterocycles. The van der Waals surface area contributed by atoms with Gasteiger partial charge in [0.2, 0.25) is 11.2 Å². The molecule has 0 aliphatic heterocycles. The number of rotatable bonds is 2. The monoisotopic (exact) mass is 378 g/mol. The molecule has 2 atom stereocenters. The molecule has 10 nitrogen and oxygen atoms in total. The maximum Gasteiger partial charge on any atom is 0.348 e. The Labute approximate surface area is 150 Å². The van der Waals surface area contributed by atoms with E-state index in [9.17, 15) is 40.2 Å². The molecule has 0 radical (unpaired) electrons. The molecule has 1 aliphatic rings. The Balaban J connectivity index is 3.47. The minimum atomic E-state index is -4.14. The van der Waals surface area contributed by atoms with Crippen LogP contribution in [0.3, 0.4) is 0 Å². The third kappa shape index (κ3) is 3.48. The van der Waals surface area contributed by atoms with Crippen LogP contribution in [0.2, 0.25) is 0 Å². The normalized spacial score (nSPS) is 30.6. The van der Waals surface area contributed by atoms with E-state index in [0.717, 1.165) is 0 Å². The zero-order chi connectivity index (χ0) is 21.0. The average Bonchev–Trinajstić information content (AvgIpc) is 2.38. The molecule has 0 saturated heterocycles. The number of hydrogen-bond acceptors (Lipinski definition) is 10. The molecule has 0 fully saturated rings. The highest BCUT2D eigenvalue weighted by Crippen LogP contribution is 2.44. The molecule has 150 valence electrons. The van der Waals surface area contributed by atoms with Gasteiger partial charge in [-0.2, -0.15) is 0 Å². The fourth-order valence-corrected chi connectivity index (χ4v) is 2.14. The molecule has 0 spiro atoms. The molecule has 0 aromatic rings. The predicted molar refractivity (Wildman–Crippen MR) is 85.1 cm³/mol. The maximum absolute atomic E-state index is 12.2. The largest absolute Gasteiger partial charge is 0.457 e. The lowest BCUT2D eigenvalue weighted by atomic mass is 9.71. The molecule has 1 aliphatic carbocycles. The third-order valence-electron chi connectivity index (χ3n) is 3.53. The molecule has 0 bridgehead atoms. The minimum Gasteiger partial charge on any atom is -0.457 e. The van der Waals surface area contributed by atoms with Crippen LogP contribution in [0.15, 0.2) is 12.2 Å². The van der Waals surface area contributed by atoms with E-state index >= 15 is 0 Å². The Hall–Kier alpha value is -1.56. The summed E-state index contributed by atoms with van der Waals surface area (Å²) in [6, 6.07) is 0. The van der Waals surface area contributed by atoms with Gasteiger partial charge in [0.1, 0.15) is 11.2 Å². The molecule has 0 aromatic carbocycles. The summed E-state index contributed by atoms with van der Waals surface area (Å²) in [5.74, 6) is -11.6. The van der Waals surface area contributed by atoms with Crippen molar-refractivity contribution in [3.8, 4) is 0 Å². The Morgan fingerprint density at radius 1 is 0.654 bits per heavy atom. The van der Waals surface area contributed by atoms with Crippen molar-refractivity contribution in [3.05, 3.63) is 12.2 Å². The van der Waals surface area contributed by atoms with Crippen molar-refractivity contribution in [2.75, 3.05) is 0 Å². The smallest absolute Gasteiger partial charge is 0.348 e. The standard InChI is InChI=1S/C16H26O10/c1-11(2,3)25-9(17)13(19)7-8-14(20,10(18)26-12(4,5)6)16(23,24)15(13,21)22/h7-8,19-24H,1-6H3. The molecule has 0 amide bonds. The van der Waals surface area contributed by atoms with Gasteiger partial charge in [0.05, 0.1) is 0 Å². The van der Waals surface area contributed by atoms with Gasteiger partial charge >= 0.3 is 11.9 Å². The molecular formula is C16H26O10. The van der Waals surface area contributed by atoms with Crippen LogP contribution in [0.4, 0.5) is 0 Å². The summed E-state index contributed by atoms with van der Waals surface area (Å²) in [6.45, 7) is 8.50. The van der Waals surface area contributed by atoms with Gasteiger partial charge in [-0.25, -0.2) is 9.59 Å². The van der Waals surface area contributed by atoms with Crippen LogP contribution in [0.1, 0.15) is 41.5 Å². The van der Waals surface area contributed by atoms with Gasteiger partial charge in [0.15, 0.2) is 0 Å². The van der Waals surface area contributed by atoms with E-state index in [4.69, 9.17) is 9.47 Å². The van der Waals surface area contributed by atoms with Crippen LogP contribution < -0.4 is 0 Å². The van der Waals surface area contributed by atoms with Crippen molar-refractivity contribution in [3.63, 3.8) is 0 Å². The van der Waals surface area contributed by atoms with Gasteiger partial charge in [-0.05, 0) is 53.7 Å². The lowest BCUT2D eigenvalue weighted by Crippen LogP contribution is -2.81. The van der Waals surface area contributed by atoms with Crippen molar-refractivity contribution in [1.82, 2.24) is 0 Å². The second kappa shape index (κ2) is 5.98. The van der Waals surface area contributed by atoms with Gasteiger partial charge in [-0.3, -0.25) is 0 Å². The molecule has 1 rings (SSSR count). The van der Waals surface area contributed by atoms with Crippen molar-refractivity contribution >= 4 is 11.9 Å². The molecule has 2 unspecified atom stereocenters. The van der Waals surface area contributed by atoms with E-state index in [1.54, 1.807) is 0 Å². The van der Waals surface area contributed by atoms with E-state index in [1.807, 2.05) is 0 Å². The number of carbonyl (C=O) groups is 2. The number of esters is 2. The summed E-state index contributed by atoms with van der Waals surface area (Å²) >= 11 is 0. The van der Waals surface area contributed by atoms with Crippen molar-refractivity contribution in [2.24, 2.45) is 0 Å². The summed E-state index contributed by atoms with van der Waals surface area (Å²) in [4.78, 5) is 24.4. The van der Waals surface area contributed by atoms with E-state index in [2.05, 4.69) is 0 Å². The summed E-state index contributed by atoms with van der Waals surface area (Å²) in [7, 11) is 0. The van der Waals surface area contributed by atoms with Crippen LogP contribution in [-0.4, -0.2) is 76.6 Å². The van der Waals surface area contributed by atoms with Crippen LogP contribution in [0.25, 0.3) is 0 Å². The molecule has 26 heavy (non-hydrogen) atoms. The first-order valence-electron chi connectivity index (χ1n) is 7.73. The SMILES string of the molecule is CC(C)(C)OC(=O)C1(O)C=CC(O)(C(=O)OC(C)(C)C)C(O)(O)C1(O)O. The van der Waals surface area contributed by atoms with E-state index < -0.39 is 45.9 Å². The Bertz CT molecular complexity index is 568. The van der Waals surface area contributed by atoms with E-state index in [1.165, 1.54) is 41.5 Å². The summed E-state index contributed by atoms with van der Waals surface area (Å²) in [6.07, 6.45) is 0.658. The molecular weight excluding hydrogens is 352 g/mol. The topological polar surface area (TPSA) is 174 Å². The fourth-order valence-electron chi connectivity index (χ4n) is 2.14. The zero-order valence-electron chi connectivity index (χ0n) is 15.5. The molecule has 0 heterocycles. The molecule has 6 N–H and O–H groups in total. The Morgan fingerprint density at radius 3 is 1.08 bits per heavy atom. The predicted octanol–water partition coefficient (Wildman–Crippen LogP) is -1.94. The van der Waals surface area contributed by atoms with Crippen molar-refractivity contribution < 1.29 is 49.7 Å². The van der Waals surface area contributed by atoms with Crippen LogP contribution in [0, 0.1) is 0 Å². The second-order valence-corrected chi connectivity index (χ2v) is 8.21. The first kappa shape index (κ1) is 22.5. The van der Waals surface area contributed by atoms with Gasteiger partial charge in [-0.1, -0.05) is 0 Å². The van der Waals surface area contributed by atoms with Crippen molar-refractivity contribution in [2.45, 2.75) is 75.5 Å².